The summed E-state index contributed by atoms with van der Waals surface area (Å²) in [7, 11) is 1.49. The monoisotopic (exact) mass is 254 g/mol. The number of aromatic nitrogens is 2. The van der Waals surface area contributed by atoms with Crippen LogP contribution in [0.3, 0.4) is 0 Å². The first kappa shape index (κ1) is 12.0. The second kappa shape index (κ2) is 5.22. The van der Waals surface area contributed by atoms with E-state index in [9.17, 15) is 4.79 Å². The summed E-state index contributed by atoms with van der Waals surface area (Å²) in [6.45, 7) is 0. The standard InChI is InChI=1S/C10H14N4O2S/c1-16-9-8(11)10(13-5-12-9)17-4-7(15)14-6-2-3-6/h5-6H,2-4,11H2,1H3,(H,14,15). The van der Waals surface area contributed by atoms with Crippen molar-refractivity contribution < 1.29 is 9.53 Å². The number of nitrogens with one attached hydrogen (secondary N) is 1. The minimum Gasteiger partial charge on any atom is -0.479 e. The zero-order valence-electron chi connectivity index (χ0n) is 9.47. The number of rotatable bonds is 5. The normalized spacial score (nSPS) is 14.4. The van der Waals surface area contributed by atoms with Crippen molar-refractivity contribution in [3.05, 3.63) is 6.33 Å². The highest BCUT2D eigenvalue weighted by molar-refractivity contribution is 8.00. The average molecular weight is 254 g/mol. The highest BCUT2D eigenvalue weighted by atomic mass is 32.2. The zero-order valence-corrected chi connectivity index (χ0v) is 10.3. The van der Waals surface area contributed by atoms with Crippen molar-refractivity contribution in [3.63, 3.8) is 0 Å². The number of anilines is 1. The van der Waals surface area contributed by atoms with Gasteiger partial charge in [-0.2, -0.15) is 4.98 Å². The molecule has 1 aromatic rings. The van der Waals surface area contributed by atoms with Crippen LogP contribution in [0.15, 0.2) is 11.4 Å². The molecule has 92 valence electrons. The summed E-state index contributed by atoms with van der Waals surface area (Å²) in [6, 6.07) is 0.375. The summed E-state index contributed by atoms with van der Waals surface area (Å²) in [5.74, 6) is 0.653. The predicted octanol–water partition coefficient (Wildman–Crippen LogP) is 0.438. The molecular formula is C10H14N4O2S. The van der Waals surface area contributed by atoms with Gasteiger partial charge in [0.15, 0.2) is 0 Å². The fraction of sp³-hybridized carbons (Fsp3) is 0.500. The van der Waals surface area contributed by atoms with E-state index in [1.165, 1.54) is 25.2 Å². The van der Waals surface area contributed by atoms with E-state index in [1.54, 1.807) is 0 Å². The Kier molecular flexibility index (Phi) is 3.68. The first-order valence-electron chi connectivity index (χ1n) is 5.27. The van der Waals surface area contributed by atoms with Crippen LogP contribution in [0.5, 0.6) is 5.88 Å². The minimum atomic E-state index is 0.00878. The lowest BCUT2D eigenvalue weighted by atomic mass is 10.5. The van der Waals surface area contributed by atoms with Gasteiger partial charge in [-0.3, -0.25) is 4.79 Å². The molecule has 0 bridgehead atoms. The summed E-state index contributed by atoms with van der Waals surface area (Å²) >= 11 is 1.29. The summed E-state index contributed by atoms with van der Waals surface area (Å²) in [5, 5.41) is 3.47. The van der Waals surface area contributed by atoms with Crippen LogP contribution < -0.4 is 15.8 Å². The summed E-state index contributed by atoms with van der Waals surface area (Å²) in [6.07, 6.45) is 3.54. The zero-order chi connectivity index (χ0) is 12.3. The number of nitrogens with zero attached hydrogens (tertiary/aromatic N) is 2. The topological polar surface area (TPSA) is 90.1 Å². The molecule has 17 heavy (non-hydrogen) atoms. The molecule has 0 spiro atoms. The van der Waals surface area contributed by atoms with Gasteiger partial charge in [0.1, 0.15) is 17.0 Å². The van der Waals surface area contributed by atoms with Gasteiger partial charge in [-0.25, -0.2) is 4.98 Å². The number of carbonyl (C=O) groups excluding carboxylic acids is 1. The van der Waals surface area contributed by atoms with Crippen LogP contribution in [0.25, 0.3) is 0 Å². The smallest absolute Gasteiger partial charge is 0.241 e. The van der Waals surface area contributed by atoms with Gasteiger partial charge >= 0.3 is 0 Å². The maximum atomic E-state index is 11.5. The van der Waals surface area contributed by atoms with Crippen molar-refractivity contribution in [2.45, 2.75) is 23.9 Å². The first-order chi connectivity index (χ1) is 8.20. The van der Waals surface area contributed by atoms with Crippen molar-refractivity contribution in [3.8, 4) is 5.88 Å². The number of hydrogen-bond acceptors (Lipinski definition) is 6. The van der Waals surface area contributed by atoms with Gasteiger partial charge in [0.25, 0.3) is 0 Å². The molecule has 7 heteroatoms. The molecule has 1 fully saturated rings. The fourth-order valence-electron chi connectivity index (χ4n) is 1.27. The van der Waals surface area contributed by atoms with Crippen molar-refractivity contribution >= 4 is 23.4 Å². The Hall–Kier alpha value is -1.50. The van der Waals surface area contributed by atoms with Crippen LogP contribution in [0, 0.1) is 0 Å². The number of nitrogen functional groups attached to an aromatic ring is 1. The molecule has 0 aromatic carbocycles. The third kappa shape index (κ3) is 3.23. The lowest BCUT2D eigenvalue weighted by Crippen LogP contribution is -2.27. The summed E-state index contributed by atoms with van der Waals surface area (Å²) in [4.78, 5) is 19.4. The number of nitrogens with two attached hydrogens (primary N) is 1. The van der Waals surface area contributed by atoms with E-state index in [0.717, 1.165) is 12.8 Å². The number of carbonyl (C=O) groups is 1. The Labute approximate surface area is 103 Å². The molecule has 0 saturated heterocycles. The van der Waals surface area contributed by atoms with Crippen molar-refractivity contribution in [1.29, 1.82) is 0 Å². The Bertz CT molecular complexity index is 423. The number of hydrogen-bond donors (Lipinski definition) is 2. The molecule has 1 saturated carbocycles. The van der Waals surface area contributed by atoms with Crippen LogP contribution >= 0.6 is 11.8 Å². The van der Waals surface area contributed by atoms with Gasteiger partial charge in [-0.1, -0.05) is 11.8 Å². The SMILES string of the molecule is COc1ncnc(SCC(=O)NC2CC2)c1N. The average Bonchev–Trinajstić information content (AvgIpc) is 3.11. The molecule has 1 aliphatic rings. The maximum Gasteiger partial charge on any atom is 0.241 e. The molecular weight excluding hydrogens is 240 g/mol. The van der Waals surface area contributed by atoms with Crippen molar-refractivity contribution in [2.24, 2.45) is 0 Å². The third-order valence-corrected chi connectivity index (χ3v) is 3.29. The van der Waals surface area contributed by atoms with Gasteiger partial charge in [-0.05, 0) is 12.8 Å². The quantitative estimate of drug-likeness (QED) is 0.585. The molecule has 0 unspecified atom stereocenters. The minimum absolute atomic E-state index is 0.00878. The molecule has 2 rings (SSSR count). The lowest BCUT2D eigenvalue weighted by Gasteiger charge is -2.07. The van der Waals surface area contributed by atoms with Gasteiger partial charge in [0.05, 0.1) is 12.9 Å². The Morgan fingerprint density at radius 3 is 3.06 bits per heavy atom. The Balaban J connectivity index is 1.91. The molecule has 6 nitrogen and oxygen atoms in total. The highest BCUT2D eigenvalue weighted by Gasteiger charge is 2.23. The van der Waals surface area contributed by atoms with Gasteiger partial charge in [0.2, 0.25) is 11.8 Å². The fourth-order valence-corrected chi connectivity index (χ4v) is 1.99. The van der Waals surface area contributed by atoms with Gasteiger partial charge in [-0.15, -0.1) is 0 Å². The molecule has 0 atom stereocenters. The molecule has 3 N–H and O–H groups in total. The van der Waals surface area contributed by atoms with Gasteiger partial charge < -0.3 is 15.8 Å². The van der Waals surface area contributed by atoms with E-state index in [4.69, 9.17) is 10.5 Å². The summed E-state index contributed by atoms with van der Waals surface area (Å²) < 4.78 is 4.98. The molecule has 1 aliphatic carbocycles. The van der Waals surface area contributed by atoms with Crippen LogP contribution in [0.2, 0.25) is 0 Å². The number of amides is 1. The Morgan fingerprint density at radius 2 is 2.41 bits per heavy atom. The number of thioether (sulfide) groups is 1. The molecule has 0 radical (unpaired) electrons. The highest BCUT2D eigenvalue weighted by Crippen LogP contribution is 2.28. The first-order valence-corrected chi connectivity index (χ1v) is 6.26. The van der Waals surface area contributed by atoms with E-state index >= 15 is 0 Å². The number of ether oxygens (including phenoxy) is 1. The van der Waals surface area contributed by atoms with Crippen LogP contribution in [0.1, 0.15) is 12.8 Å². The van der Waals surface area contributed by atoms with E-state index in [1.807, 2.05) is 0 Å². The third-order valence-electron chi connectivity index (χ3n) is 2.29. The lowest BCUT2D eigenvalue weighted by molar-refractivity contribution is -0.118. The largest absolute Gasteiger partial charge is 0.479 e. The molecule has 1 aromatic heterocycles. The van der Waals surface area contributed by atoms with Crippen LogP contribution in [0.4, 0.5) is 5.69 Å². The molecule has 1 heterocycles. The van der Waals surface area contributed by atoms with E-state index < -0.39 is 0 Å². The van der Waals surface area contributed by atoms with E-state index in [0.29, 0.717) is 28.4 Å². The maximum absolute atomic E-state index is 11.5. The van der Waals surface area contributed by atoms with E-state index in [-0.39, 0.29) is 5.91 Å². The van der Waals surface area contributed by atoms with Crippen molar-refractivity contribution in [1.82, 2.24) is 15.3 Å². The predicted molar refractivity (Wildman–Crippen MR) is 64.9 cm³/mol. The number of methoxy groups -OCH3 is 1. The summed E-state index contributed by atoms with van der Waals surface area (Å²) in [5.41, 5.74) is 6.17. The van der Waals surface area contributed by atoms with Crippen LogP contribution in [-0.4, -0.2) is 34.8 Å². The second-order valence-electron chi connectivity index (χ2n) is 3.73. The van der Waals surface area contributed by atoms with Crippen molar-refractivity contribution in [2.75, 3.05) is 18.6 Å². The molecule has 1 amide bonds. The Morgan fingerprint density at radius 1 is 1.65 bits per heavy atom. The van der Waals surface area contributed by atoms with Gasteiger partial charge in [0, 0.05) is 6.04 Å². The van der Waals surface area contributed by atoms with Crippen LogP contribution in [-0.2, 0) is 4.79 Å². The second-order valence-corrected chi connectivity index (χ2v) is 4.70. The van der Waals surface area contributed by atoms with E-state index in [2.05, 4.69) is 15.3 Å². The molecule has 0 aliphatic heterocycles.